The number of carbonyl (C=O) groups is 4. The summed E-state index contributed by atoms with van der Waals surface area (Å²) in [7, 11) is -2.32. The Morgan fingerprint density at radius 3 is 0.948 bits per heavy atom. The standard InChI is InChI=1S/C80H105Cl6N11O16S3/c1-94(2)54-79(101)93-80(18-15-76(98)87-21-27-108-33-36-111-30-24-90-114(102,103)61-12-6-9-55(39-61)67-48-95(3)51-70-64(67)42-58(81)45-73(70)84,19-16-77(99)88-22-28-109-34-37-112-31-25-91-115(104,105)62-13-7-10-56(40-62)68-49-96(4)52-71-65(68)43-59(82)46-74(71)85)20-17-78(100)89-23-29-110-35-38-113-32-26-92-116(106,107)63-14-8-11-57(41-63)69-50-97(5)53-72-66(69)44-60(83)47-75(72)86/h6-14,39-47,67-69,90-92H,15-38,48-54H2,1-5H3,(H,87,98)(H,88,99)(H,89,100)(H,93,101). The van der Waals surface area contributed by atoms with E-state index in [9.17, 15) is 44.4 Å². The van der Waals surface area contributed by atoms with Crippen molar-refractivity contribution in [3.63, 3.8) is 0 Å². The van der Waals surface area contributed by atoms with Crippen molar-refractivity contribution in [3.05, 3.63) is 189 Å². The Kier molecular flexibility index (Phi) is 37.1. The van der Waals surface area contributed by atoms with Gasteiger partial charge in [-0.25, -0.2) is 39.4 Å². The van der Waals surface area contributed by atoms with E-state index in [1.165, 1.54) is 18.2 Å². The number of fused-ring (bicyclic) bond motifs is 3. The van der Waals surface area contributed by atoms with Gasteiger partial charge >= 0.3 is 0 Å². The predicted octanol–water partition coefficient (Wildman–Crippen LogP) is 8.78. The van der Waals surface area contributed by atoms with Crippen LogP contribution in [0.3, 0.4) is 0 Å². The molecule has 27 nitrogen and oxygen atoms in total. The van der Waals surface area contributed by atoms with Gasteiger partial charge in [0.05, 0.1) is 101 Å². The maximum absolute atomic E-state index is 13.7. The number of amides is 4. The number of sulfonamides is 3. The van der Waals surface area contributed by atoms with Gasteiger partial charge in [-0.3, -0.25) is 19.2 Å². The second kappa shape index (κ2) is 45.8. The molecule has 0 aliphatic carbocycles. The molecule has 0 spiro atoms. The summed E-state index contributed by atoms with van der Waals surface area (Å²) in [6.45, 7) is 5.59. The van der Waals surface area contributed by atoms with Crippen molar-refractivity contribution in [1.82, 2.24) is 55.0 Å². The van der Waals surface area contributed by atoms with E-state index in [0.29, 0.717) is 69.4 Å². The third-order valence-corrected chi connectivity index (χ3v) is 26.0. The van der Waals surface area contributed by atoms with Crippen LogP contribution in [0, 0.1) is 0 Å². The summed E-state index contributed by atoms with van der Waals surface area (Å²) in [5, 5.41) is 14.8. The third-order valence-electron chi connectivity index (χ3n) is 20.0. The molecule has 36 heteroatoms. The average Bonchev–Trinajstić information content (AvgIpc) is 0.779. The highest BCUT2D eigenvalue weighted by Gasteiger charge is 2.36. The first-order valence-corrected chi connectivity index (χ1v) is 45.1. The zero-order chi connectivity index (χ0) is 83.6. The van der Waals surface area contributed by atoms with E-state index in [2.05, 4.69) is 50.1 Å². The maximum atomic E-state index is 13.7. The molecule has 6 aromatic carbocycles. The van der Waals surface area contributed by atoms with E-state index in [-0.39, 0.29) is 214 Å². The Labute approximate surface area is 711 Å². The molecule has 0 aromatic heterocycles. The van der Waals surface area contributed by atoms with Gasteiger partial charge in [-0.2, -0.15) is 0 Å². The summed E-state index contributed by atoms with van der Waals surface area (Å²) in [6, 6.07) is 31.2. The number of ether oxygens (including phenoxy) is 6. The summed E-state index contributed by atoms with van der Waals surface area (Å²) < 4.78 is 123. The fraction of sp³-hybridized carbons (Fsp3) is 0.500. The van der Waals surface area contributed by atoms with Crippen molar-refractivity contribution in [2.24, 2.45) is 0 Å². The molecular weight excluding hydrogens is 1680 g/mol. The largest absolute Gasteiger partial charge is 0.378 e. The summed E-state index contributed by atoms with van der Waals surface area (Å²) in [4.78, 5) is 62.7. The van der Waals surface area contributed by atoms with Gasteiger partial charge in [-0.05, 0) is 177 Å². The minimum atomic E-state index is -3.90. The van der Waals surface area contributed by atoms with Gasteiger partial charge in [0, 0.05) is 151 Å². The number of benzene rings is 6. The lowest BCUT2D eigenvalue weighted by atomic mass is 9.83. The molecule has 6 aromatic rings. The molecule has 4 amide bonds. The number of rotatable bonds is 48. The highest BCUT2D eigenvalue weighted by Crippen LogP contribution is 2.42. The van der Waals surface area contributed by atoms with E-state index >= 15 is 0 Å². The summed E-state index contributed by atoms with van der Waals surface area (Å²) in [6.07, 6.45) is -0.145. The second-order valence-corrected chi connectivity index (χ2v) is 37.1. The Bertz CT molecular complexity index is 4240. The zero-order valence-corrected chi connectivity index (χ0v) is 72.8. The van der Waals surface area contributed by atoms with Crippen molar-refractivity contribution >= 4 is 123 Å². The number of hydrogen-bond donors (Lipinski definition) is 7. The molecule has 116 heavy (non-hydrogen) atoms. The van der Waals surface area contributed by atoms with Gasteiger partial charge in [0.1, 0.15) is 0 Å². The van der Waals surface area contributed by atoms with Gasteiger partial charge in [0.25, 0.3) is 0 Å². The first-order chi connectivity index (χ1) is 55.4. The Morgan fingerprint density at radius 2 is 0.672 bits per heavy atom. The molecule has 3 heterocycles. The lowest BCUT2D eigenvalue weighted by Crippen LogP contribution is -2.52. The molecule has 0 bridgehead atoms. The number of likely N-dealkylation sites (N-methyl/N-ethyl adjacent to an activating group) is 4. The van der Waals surface area contributed by atoms with Gasteiger partial charge in [-0.1, -0.05) is 106 Å². The Morgan fingerprint density at radius 1 is 0.397 bits per heavy atom. The van der Waals surface area contributed by atoms with Crippen LogP contribution in [0.5, 0.6) is 0 Å². The number of carbonyl (C=O) groups excluding carboxylic acids is 4. The van der Waals surface area contributed by atoms with Gasteiger partial charge in [0.2, 0.25) is 53.7 Å². The van der Waals surface area contributed by atoms with Crippen LogP contribution >= 0.6 is 69.6 Å². The van der Waals surface area contributed by atoms with Crippen LogP contribution in [0.1, 0.15) is 106 Å². The topological polar surface area (TPSA) is 323 Å². The van der Waals surface area contributed by atoms with E-state index in [1.807, 2.05) is 57.5 Å². The lowest BCUT2D eigenvalue weighted by molar-refractivity contribution is -0.127. The van der Waals surface area contributed by atoms with Crippen molar-refractivity contribution in [2.45, 2.75) is 96.1 Å². The monoisotopic (exact) mass is 1780 g/mol. The Hall–Kier alpha value is -5.73. The van der Waals surface area contributed by atoms with Crippen LogP contribution in [0.2, 0.25) is 30.1 Å². The molecule has 0 radical (unpaired) electrons. The zero-order valence-electron chi connectivity index (χ0n) is 65.9. The molecule has 636 valence electrons. The average molecular weight is 1790 g/mol. The van der Waals surface area contributed by atoms with Crippen LogP contribution in [-0.2, 0) is 97.3 Å². The number of halogens is 6. The van der Waals surface area contributed by atoms with E-state index in [0.717, 1.165) is 50.1 Å². The third kappa shape index (κ3) is 29.0. The lowest BCUT2D eigenvalue weighted by Gasteiger charge is -2.35. The van der Waals surface area contributed by atoms with E-state index in [4.69, 9.17) is 98.0 Å². The Balaban J connectivity index is 0.698. The first-order valence-electron chi connectivity index (χ1n) is 38.4. The molecule has 0 saturated carbocycles. The molecule has 3 atom stereocenters. The molecular formula is C80H105Cl6N11O16S3. The molecule has 3 unspecified atom stereocenters. The number of nitrogens with zero attached hydrogens (tertiary/aromatic N) is 4. The SMILES string of the molecule is CN(C)CC(=O)NC(CCC(=O)NCCOCCOCCNS(=O)(=O)c1cccc(C2CN(C)Cc3c(Cl)cc(Cl)cc32)c1)(CCC(=O)NCCOCCOCCNS(=O)(=O)c1cccc(C2CN(C)Cc3c(Cl)cc(Cl)cc32)c1)CCC(=O)NCCOCCOCCNS(=O)(=O)c1cccc(C2CN(C)Cc3c(Cl)cc(Cl)cc32)c1. The van der Waals surface area contributed by atoms with Gasteiger partial charge in [-0.15, -0.1) is 0 Å². The van der Waals surface area contributed by atoms with Gasteiger partial charge < -0.3 is 69.3 Å². The van der Waals surface area contributed by atoms with Crippen molar-refractivity contribution in [2.75, 3.05) is 180 Å². The molecule has 7 N–H and O–H groups in total. The normalized spacial score (nSPS) is 16.6. The van der Waals surface area contributed by atoms with E-state index < -0.39 is 41.5 Å². The smallest absolute Gasteiger partial charge is 0.240 e. The highest BCUT2D eigenvalue weighted by molar-refractivity contribution is 7.90. The first kappa shape index (κ1) is 94.1. The number of hydrogen-bond acceptors (Lipinski definition) is 20. The summed E-state index contributed by atoms with van der Waals surface area (Å²) in [5.74, 6) is -1.97. The molecule has 3 aliphatic rings. The van der Waals surface area contributed by atoms with Crippen LogP contribution in [0.25, 0.3) is 0 Å². The minimum Gasteiger partial charge on any atom is -0.378 e. The minimum absolute atomic E-state index is 0.000461. The van der Waals surface area contributed by atoms with Crippen LogP contribution < -0.4 is 35.4 Å². The maximum Gasteiger partial charge on any atom is 0.240 e. The van der Waals surface area contributed by atoms with Crippen molar-refractivity contribution < 1.29 is 72.9 Å². The van der Waals surface area contributed by atoms with Crippen molar-refractivity contribution in [3.8, 4) is 0 Å². The fourth-order valence-electron chi connectivity index (χ4n) is 14.3. The fourth-order valence-corrected chi connectivity index (χ4v) is 19.3. The summed E-state index contributed by atoms with van der Waals surface area (Å²) in [5.41, 5.74) is 6.95. The molecule has 0 saturated heterocycles. The van der Waals surface area contributed by atoms with Crippen LogP contribution in [0.4, 0.5) is 0 Å². The predicted molar refractivity (Wildman–Crippen MR) is 450 cm³/mol. The molecule has 3 aliphatic heterocycles. The van der Waals surface area contributed by atoms with Crippen LogP contribution in [-0.4, -0.2) is 254 Å². The second-order valence-electron chi connectivity index (χ2n) is 29.3. The van der Waals surface area contributed by atoms with Gasteiger partial charge in [0.15, 0.2) is 0 Å². The number of nitrogens with one attached hydrogen (secondary N) is 7. The molecule has 9 rings (SSSR count). The highest BCUT2D eigenvalue weighted by atomic mass is 35.5. The van der Waals surface area contributed by atoms with Crippen LogP contribution in [0.15, 0.2) is 124 Å². The summed E-state index contributed by atoms with van der Waals surface area (Å²) >= 11 is 38.9. The molecule has 0 fully saturated rings. The van der Waals surface area contributed by atoms with E-state index in [1.54, 1.807) is 73.6 Å². The quantitative estimate of drug-likeness (QED) is 0.0175. The van der Waals surface area contributed by atoms with Crippen molar-refractivity contribution in [1.29, 1.82) is 0 Å².